The molecule has 1 atom stereocenters. The Balaban J connectivity index is 1.52. The van der Waals surface area contributed by atoms with Crippen LogP contribution in [-0.4, -0.2) is 60.0 Å². The average Bonchev–Trinajstić information content (AvgIpc) is 2.96. The van der Waals surface area contributed by atoms with Crippen molar-refractivity contribution in [1.29, 1.82) is 0 Å². The van der Waals surface area contributed by atoms with Crippen molar-refractivity contribution in [2.75, 3.05) is 39.4 Å². The molecule has 24 heavy (non-hydrogen) atoms. The lowest BCUT2D eigenvalue weighted by molar-refractivity contribution is -0.124. The lowest BCUT2D eigenvalue weighted by Gasteiger charge is -2.26. The number of fused-ring (bicyclic) bond motifs is 1. The molecule has 2 heterocycles. The van der Waals surface area contributed by atoms with Crippen LogP contribution in [0.4, 0.5) is 0 Å². The van der Waals surface area contributed by atoms with Crippen molar-refractivity contribution in [3.63, 3.8) is 0 Å². The van der Waals surface area contributed by atoms with E-state index in [0.717, 1.165) is 55.9 Å². The number of carbonyl (C=O) groups is 1. The maximum absolute atomic E-state index is 12.4. The third-order valence-electron chi connectivity index (χ3n) is 4.60. The summed E-state index contributed by atoms with van der Waals surface area (Å²) in [5, 5.41) is 8.68. The van der Waals surface area contributed by atoms with Gasteiger partial charge in [0, 0.05) is 25.0 Å². The number of para-hydroxylation sites is 1. The van der Waals surface area contributed by atoms with Gasteiger partial charge < -0.3 is 10.1 Å². The Hall–Kier alpha value is -1.92. The van der Waals surface area contributed by atoms with Gasteiger partial charge in [-0.05, 0) is 32.9 Å². The van der Waals surface area contributed by atoms with E-state index in [1.54, 1.807) is 0 Å². The maximum atomic E-state index is 12.4. The van der Waals surface area contributed by atoms with Crippen molar-refractivity contribution in [3.05, 3.63) is 30.0 Å². The van der Waals surface area contributed by atoms with Gasteiger partial charge in [-0.3, -0.25) is 14.4 Å². The highest BCUT2D eigenvalue weighted by Gasteiger charge is 2.19. The predicted octanol–water partition coefficient (Wildman–Crippen LogP) is 1.74. The number of aryl methyl sites for hydroxylation is 1. The number of nitrogens with one attached hydrogen (secondary N) is 1. The molecule has 2 aromatic rings. The molecule has 0 spiro atoms. The Kier molecular flexibility index (Phi) is 5.48. The van der Waals surface area contributed by atoms with Crippen molar-refractivity contribution in [2.45, 2.75) is 26.3 Å². The molecule has 0 radical (unpaired) electrons. The number of carbonyl (C=O) groups excluding carboxylic acids is 1. The quantitative estimate of drug-likeness (QED) is 0.820. The summed E-state index contributed by atoms with van der Waals surface area (Å²) in [5.41, 5.74) is 1.96. The zero-order valence-corrected chi connectivity index (χ0v) is 14.5. The van der Waals surface area contributed by atoms with Gasteiger partial charge in [-0.25, -0.2) is 0 Å². The highest BCUT2D eigenvalue weighted by molar-refractivity contribution is 5.86. The van der Waals surface area contributed by atoms with Gasteiger partial charge in [-0.2, -0.15) is 5.10 Å². The molecule has 1 amide bonds. The Bertz CT molecular complexity index is 691. The average molecular weight is 330 g/mol. The second-order valence-electron chi connectivity index (χ2n) is 6.32. The minimum Gasteiger partial charge on any atom is -0.379 e. The normalized spacial score (nSPS) is 17.1. The van der Waals surface area contributed by atoms with Crippen LogP contribution in [0.3, 0.4) is 0 Å². The Morgan fingerprint density at radius 2 is 2.08 bits per heavy atom. The Morgan fingerprint density at radius 1 is 1.33 bits per heavy atom. The molecule has 1 unspecified atom stereocenters. The minimum absolute atomic E-state index is 0.0187. The van der Waals surface area contributed by atoms with E-state index in [9.17, 15) is 4.79 Å². The first kappa shape index (κ1) is 16.9. The van der Waals surface area contributed by atoms with Crippen LogP contribution in [0.1, 0.15) is 25.1 Å². The molecule has 0 bridgehead atoms. The number of aromatic nitrogens is 2. The Morgan fingerprint density at radius 3 is 2.88 bits per heavy atom. The van der Waals surface area contributed by atoms with Crippen LogP contribution < -0.4 is 5.32 Å². The molecule has 0 aliphatic carbocycles. The summed E-state index contributed by atoms with van der Waals surface area (Å²) in [5.74, 6) is 0.0187. The van der Waals surface area contributed by atoms with Crippen LogP contribution in [0.15, 0.2) is 24.3 Å². The van der Waals surface area contributed by atoms with E-state index in [4.69, 9.17) is 4.74 Å². The molecule has 0 saturated carbocycles. The van der Waals surface area contributed by atoms with E-state index < -0.39 is 0 Å². The largest absolute Gasteiger partial charge is 0.379 e. The van der Waals surface area contributed by atoms with Crippen LogP contribution in [0, 0.1) is 6.92 Å². The number of nitrogens with zero attached hydrogens (tertiary/aromatic N) is 3. The number of amides is 1. The number of benzene rings is 1. The van der Waals surface area contributed by atoms with Crippen LogP contribution in [0.2, 0.25) is 0 Å². The van der Waals surface area contributed by atoms with E-state index in [1.165, 1.54) is 0 Å². The molecule has 1 N–H and O–H groups in total. The van der Waals surface area contributed by atoms with Crippen molar-refractivity contribution >= 4 is 16.8 Å². The lowest BCUT2D eigenvalue weighted by atomic mass is 10.2. The van der Waals surface area contributed by atoms with E-state index in [1.807, 2.05) is 42.8 Å². The summed E-state index contributed by atoms with van der Waals surface area (Å²) in [7, 11) is 0. The molecule has 3 rings (SSSR count). The summed E-state index contributed by atoms with van der Waals surface area (Å²) in [6.45, 7) is 9.18. The van der Waals surface area contributed by atoms with Crippen molar-refractivity contribution in [2.24, 2.45) is 0 Å². The highest BCUT2D eigenvalue weighted by atomic mass is 16.5. The van der Waals surface area contributed by atoms with Crippen LogP contribution in [0.25, 0.3) is 10.9 Å². The number of ether oxygens (including phenoxy) is 1. The highest BCUT2D eigenvalue weighted by Crippen LogP contribution is 2.21. The predicted molar refractivity (Wildman–Crippen MR) is 94.1 cm³/mol. The molecule has 6 nitrogen and oxygen atoms in total. The summed E-state index contributed by atoms with van der Waals surface area (Å²) in [6, 6.07) is 7.72. The Labute approximate surface area is 142 Å². The fourth-order valence-corrected chi connectivity index (χ4v) is 3.14. The van der Waals surface area contributed by atoms with E-state index in [0.29, 0.717) is 6.54 Å². The first-order chi connectivity index (χ1) is 11.7. The minimum atomic E-state index is -0.313. The van der Waals surface area contributed by atoms with Gasteiger partial charge in [0.2, 0.25) is 5.91 Å². The van der Waals surface area contributed by atoms with Gasteiger partial charge in [0.25, 0.3) is 0 Å². The van der Waals surface area contributed by atoms with Crippen LogP contribution >= 0.6 is 0 Å². The fourth-order valence-electron chi connectivity index (χ4n) is 3.14. The molecular formula is C18H26N4O2. The van der Waals surface area contributed by atoms with Gasteiger partial charge in [-0.1, -0.05) is 18.2 Å². The summed E-state index contributed by atoms with van der Waals surface area (Å²) in [4.78, 5) is 14.8. The molecule has 1 saturated heterocycles. The molecule has 130 valence electrons. The molecule has 1 aliphatic heterocycles. The summed E-state index contributed by atoms with van der Waals surface area (Å²) in [6.07, 6.45) is 0.956. The molecule has 1 fully saturated rings. The van der Waals surface area contributed by atoms with Gasteiger partial charge in [0.15, 0.2) is 0 Å². The van der Waals surface area contributed by atoms with E-state index >= 15 is 0 Å². The molecular weight excluding hydrogens is 304 g/mol. The second-order valence-corrected chi connectivity index (χ2v) is 6.32. The SMILES string of the molecule is Cc1nn(C(C)C(=O)NCCCN2CCOCC2)c2ccccc12. The maximum Gasteiger partial charge on any atom is 0.244 e. The van der Waals surface area contributed by atoms with Gasteiger partial charge in [0.05, 0.1) is 24.4 Å². The summed E-state index contributed by atoms with van der Waals surface area (Å²) < 4.78 is 7.16. The zero-order valence-electron chi connectivity index (χ0n) is 14.5. The molecule has 6 heteroatoms. The first-order valence-electron chi connectivity index (χ1n) is 8.68. The van der Waals surface area contributed by atoms with Gasteiger partial charge >= 0.3 is 0 Å². The van der Waals surface area contributed by atoms with Crippen LogP contribution in [0.5, 0.6) is 0 Å². The summed E-state index contributed by atoms with van der Waals surface area (Å²) >= 11 is 0. The van der Waals surface area contributed by atoms with Crippen LogP contribution in [-0.2, 0) is 9.53 Å². The van der Waals surface area contributed by atoms with Crippen molar-refractivity contribution in [3.8, 4) is 0 Å². The molecule has 1 aromatic heterocycles. The van der Waals surface area contributed by atoms with Gasteiger partial charge in [0.1, 0.15) is 6.04 Å². The molecule has 1 aromatic carbocycles. The third-order valence-corrected chi connectivity index (χ3v) is 4.60. The van der Waals surface area contributed by atoms with Crippen molar-refractivity contribution in [1.82, 2.24) is 20.0 Å². The van der Waals surface area contributed by atoms with E-state index in [2.05, 4.69) is 15.3 Å². The topological polar surface area (TPSA) is 59.4 Å². The van der Waals surface area contributed by atoms with Gasteiger partial charge in [-0.15, -0.1) is 0 Å². The molecule has 1 aliphatic rings. The smallest absolute Gasteiger partial charge is 0.244 e. The first-order valence-corrected chi connectivity index (χ1v) is 8.68. The fraction of sp³-hybridized carbons (Fsp3) is 0.556. The number of hydrogen-bond donors (Lipinski definition) is 1. The standard InChI is InChI=1S/C18H26N4O2/c1-14-16-6-3-4-7-17(16)22(20-14)15(2)18(23)19-8-5-9-21-10-12-24-13-11-21/h3-4,6-7,15H,5,8-13H2,1-2H3,(H,19,23). The lowest BCUT2D eigenvalue weighted by Crippen LogP contribution is -2.38. The second kappa shape index (κ2) is 7.77. The van der Waals surface area contributed by atoms with E-state index in [-0.39, 0.29) is 11.9 Å². The third kappa shape index (κ3) is 3.76. The monoisotopic (exact) mass is 330 g/mol. The number of hydrogen-bond acceptors (Lipinski definition) is 4. The van der Waals surface area contributed by atoms with Crippen molar-refractivity contribution < 1.29 is 9.53 Å². The zero-order chi connectivity index (χ0) is 16.9. The number of rotatable bonds is 6. The number of morpholine rings is 1.